The van der Waals surface area contributed by atoms with Crippen molar-refractivity contribution in [3.05, 3.63) is 18.2 Å². The predicted molar refractivity (Wildman–Crippen MR) is 78.6 cm³/mol. The number of hydrogen-bond acceptors (Lipinski definition) is 4. The average Bonchev–Trinajstić information content (AvgIpc) is 2.40. The number of piperazine rings is 1. The lowest BCUT2D eigenvalue weighted by atomic mass is 10.2. The minimum atomic E-state index is -0.235. The zero-order valence-corrected chi connectivity index (χ0v) is 11.4. The Morgan fingerprint density at radius 1 is 1.26 bits per heavy atom. The molecule has 0 radical (unpaired) electrons. The summed E-state index contributed by atoms with van der Waals surface area (Å²) in [5.74, 6) is 0. The molecule has 2 amide bonds. The molecule has 1 fully saturated rings. The second kappa shape index (κ2) is 5.79. The lowest BCUT2D eigenvalue weighted by Crippen LogP contribution is -2.44. The van der Waals surface area contributed by atoms with Gasteiger partial charge in [0.05, 0.1) is 11.4 Å². The molecule has 6 nitrogen and oxygen atoms in total. The molecule has 1 aromatic carbocycles. The molecule has 19 heavy (non-hydrogen) atoms. The number of nitrogens with one attached hydrogen (secondary N) is 2. The van der Waals surface area contributed by atoms with E-state index in [-0.39, 0.29) is 6.03 Å². The van der Waals surface area contributed by atoms with Gasteiger partial charge in [0, 0.05) is 38.9 Å². The largest absolute Gasteiger partial charge is 0.399 e. The molecule has 1 aliphatic heterocycles. The number of benzene rings is 1. The zero-order valence-electron chi connectivity index (χ0n) is 11.4. The number of nitrogen functional groups attached to an aromatic ring is 1. The van der Waals surface area contributed by atoms with Gasteiger partial charge in [0.2, 0.25) is 0 Å². The van der Waals surface area contributed by atoms with Crippen LogP contribution in [0.4, 0.5) is 21.9 Å². The second-order valence-corrected chi connectivity index (χ2v) is 4.77. The fraction of sp³-hybridized carbons (Fsp3) is 0.462. The Morgan fingerprint density at radius 3 is 2.58 bits per heavy atom. The molecule has 1 saturated heterocycles. The Labute approximate surface area is 113 Å². The summed E-state index contributed by atoms with van der Waals surface area (Å²) in [5.41, 5.74) is 8.21. The first-order chi connectivity index (χ1) is 9.10. The topological polar surface area (TPSA) is 73.6 Å². The summed E-state index contributed by atoms with van der Waals surface area (Å²) in [6.45, 7) is 3.93. The maximum absolute atomic E-state index is 11.5. The second-order valence-electron chi connectivity index (χ2n) is 4.77. The van der Waals surface area contributed by atoms with Crippen LogP contribution in [-0.2, 0) is 0 Å². The van der Waals surface area contributed by atoms with E-state index in [4.69, 9.17) is 5.73 Å². The van der Waals surface area contributed by atoms with Crippen molar-refractivity contribution in [1.29, 1.82) is 0 Å². The van der Waals surface area contributed by atoms with Gasteiger partial charge in [-0.1, -0.05) is 0 Å². The molecule has 0 saturated carbocycles. The van der Waals surface area contributed by atoms with Gasteiger partial charge in [-0.15, -0.1) is 0 Å². The van der Waals surface area contributed by atoms with Crippen LogP contribution in [0.2, 0.25) is 0 Å². The van der Waals surface area contributed by atoms with Crippen molar-refractivity contribution in [2.24, 2.45) is 0 Å². The molecule has 104 valence electrons. The molecule has 0 atom stereocenters. The molecular weight excluding hydrogens is 242 g/mol. The highest BCUT2D eigenvalue weighted by atomic mass is 16.2. The van der Waals surface area contributed by atoms with Crippen molar-refractivity contribution in [3.8, 4) is 0 Å². The van der Waals surface area contributed by atoms with Crippen molar-refractivity contribution in [3.63, 3.8) is 0 Å². The van der Waals surface area contributed by atoms with Gasteiger partial charge in [0.25, 0.3) is 0 Å². The number of amides is 2. The molecule has 0 spiro atoms. The van der Waals surface area contributed by atoms with Crippen LogP contribution in [-0.4, -0.2) is 51.2 Å². The van der Waals surface area contributed by atoms with E-state index in [1.54, 1.807) is 13.1 Å². The van der Waals surface area contributed by atoms with E-state index in [0.29, 0.717) is 5.69 Å². The van der Waals surface area contributed by atoms with Gasteiger partial charge < -0.3 is 26.2 Å². The van der Waals surface area contributed by atoms with Crippen LogP contribution in [0.1, 0.15) is 0 Å². The number of carbonyl (C=O) groups is 1. The van der Waals surface area contributed by atoms with Crippen LogP contribution in [0.25, 0.3) is 0 Å². The molecular formula is C13H21N5O. The highest BCUT2D eigenvalue weighted by molar-refractivity contribution is 5.94. The number of nitrogens with two attached hydrogens (primary N) is 1. The van der Waals surface area contributed by atoms with Crippen molar-refractivity contribution < 1.29 is 4.79 Å². The van der Waals surface area contributed by atoms with E-state index < -0.39 is 0 Å². The van der Waals surface area contributed by atoms with Gasteiger partial charge in [-0.2, -0.15) is 0 Å². The number of carbonyl (C=O) groups excluding carboxylic acids is 1. The lowest BCUT2D eigenvalue weighted by molar-refractivity contribution is 0.254. The van der Waals surface area contributed by atoms with Gasteiger partial charge in [0.15, 0.2) is 0 Å². The molecule has 1 aliphatic rings. The Hall–Kier alpha value is -1.95. The quantitative estimate of drug-likeness (QED) is 0.689. The third kappa shape index (κ3) is 3.29. The minimum absolute atomic E-state index is 0.235. The molecule has 0 aliphatic carbocycles. The van der Waals surface area contributed by atoms with E-state index in [1.165, 1.54) is 0 Å². The van der Waals surface area contributed by atoms with E-state index in [9.17, 15) is 4.79 Å². The van der Waals surface area contributed by atoms with Crippen molar-refractivity contribution in [1.82, 2.24) is 10.2 Å². The minimum Gasteiger partial charge on any atom is -0.399 e. The third-order valence-electron chi connectivity index (χ3n) is 3.34. The number of likely N-dealkylation sites (N-methyl/N-ethyl adjacent to an activating group) is 1. The number of urea groups is 1. The molecule has 6 heteroatoms. The number of hydrogen-bond donors (Lipinski definition) is 3. The molecule has 0 unspecified atom stereocenters. The fourth-order valence-electron chi connectivity index (χ4n) is 2.16. The summed E-state index contributed by atoms with van der Waals surface area (Å²) in [6.07, 6.45) is 0. The van der Waals surface area contributed by atoms with E-state index in [1.807, 2.05) is 12.1 Å². The normalized spacial score (nSPS) is 16.2. The standard InChI is InChI=1S/C13H21N5O/c1-15-13(19)16-11-9-10(14)3-4-12(11)18-7-5-17(2)6-8-18/h3-4,9H,5-8,14H2,1-2H3,(H2,15,16,19). The SMILES string of the molecule is CNC(=O)Nc1cc(N)ccc1N1CCN(C)CC1. The first-order valence-corrected chi connectivity index (χ1v) is 6.42. The van der Waals surface area contributed by atoms with Gasteiger partial charge in [-0.3, -0.25) is 0 Å². The van der Waals surface area contributed by atoms with Gasteiger partial charge in [0.1, 0.15) is 0 Å². The van der Waals surface area contributed by atoms with E-state index in [2.05, 4.69) is 27.5 Å². The van der Waals surface area contributed by atoms with Gasteiger partial charge in [-0.05, 0) is 25.2 Å². The average molecular weight is 263 g/mol. The summed E-state index contributed by atoms with van der Waals surface area (Å²) in [5, 5.41) is 5.38. The smallest absolute Gasteiger partial charge is 0.319 e. The van der Waals surface area contributed by atoms with Crippen LogP contribution in [0, 0.1) is 0 Å². The van der Waals surface area contributed by atoms with Crippen molar-refractivity contribution >= 4 is 23.1 Å². The highest BCUT2D eigenvalue weighted by Crippen LogP contribution is 2.29. The van der Waals surface area contributed by atoms with Crippen LogP contribution < -0.4 is 21.3 Å². The maximum Gasteiger partial charge on any atom is 0.319 e. The van der Waals surface area contributed by atoms with E-state index in [0.717, 1.165) is 37.6 Å². The van der Waals surface area contributed by atoms with Crippen molar-refractivity contribution in [2.45, 2.75) is 0 Å². The first kappa shape index (κ1) is 13.5. The predicted octanol–water partition coefficient (Wildman–Crippen LogP) is 0.772. The highest BCUT2D eigenvalue weighted by Gasteiger charge is 2.17. The number of anilines is 3. The van der Waals surface area contributed by atoms with E-state index >= 15 is 0 Å². The summed E-state index contributed by atoms with van der Waals surface area (Å²) >= 11 is 0. The molecule has 2 rings (SSSR count). The fourth-order valence-corrected chi connectivity index (χ4v) is 2.16. The summed E-state index contributed by atoms with van der Waals surface area (Å²) in [7, 11) is 3.71. The zero-order chi connectivity index (χ0) is 13.8. The lowest BCUT2D eigenvalue weighted by Gasteiger charge is -2.35. The monoisotopic (exact) mass is 263 g/mol. The Morgan fingerprint density at radius 2 is 1.95 bits per heavy atom. The molecule has 1 aromatic rings. The van der Waals surface area contributed by atoms with Crippen LogP contribution in [0.3, 0.4) is 0 Å². The van der Waals surface area contributed by atoms with Crippen molar-refractivity contribution in [2.75, 3.05) is 56.2 Å². The van der Waals surface area contributed by atoms with Crippen LogP contribution >= 0.6 is 0 Å². The Kier molecular flexibility index (Phi) is 4.11. The maximum atomic E-state index is 11.5. The van der Waals surface area contributed by atoms with Gasteiger partial charge >= 0.3 is 6.03 Å². The van der Waals surface area contributed by atoms with Crippen LogP contribution in [0.15, 0.2) is 18.2 Å². The van der Waals surface area contributed by atoms with Crippen LogP contribution in [0.5, 0.6) is 0 Å². The third-order valence-corrected chi connectivity index (χ3v) is 3.34. The summed E-state index contributed by atoms with van der Waals surface area (Å²) < 4.78 is 0. The molecule has 0 aromatic heterocycles. The number of nitrogens with zero attached hydrogens (tertiary/aromatic N) is 2. The number of rotatable bonds is 2. The summed E-state index contributed by atoms with van der Waals surface area (Å²) in [4.78, 5) is 16.0. The van der Waals surface area contributed by atoms with Gasteiger partial charge in [-0.25, -0.2) is 4.79 Å². The Bertz CT molecular complexity index is 454. The first-order valence-electron chi connectivity index (χ1n) is 6.42. The molecule has 1 heterocycles. The Balaban J connectivity index is 2.21. The molecule has 4 N–H and O–H groups in total. The molecule has 0 bridgehead atoms. The summed E-state index contributed by atoms with van der Waals surface area (Å²) in [6, 6.07) is 5.39.